The van der Waals surface area contributed by atoms with Crippen molar-refractivity contribution < 1.29 is 19.0 Å². The number of hydrogen-bond acceptors (Lipinski definition) is 3. The Morgan fingerprint density at radius 3 is 2.71 bits per heavy atom. The average molecular weight is 426 g/mol. The lowest BCUT2D eigenvalue weighted by Gasteiger charge is -2.35. The minimum atomic E-state index is -0.264. The largest absolute Gasteiger partial charge is 0.508 e. The Morgan fingerprint density at radius 1 is 1.16 bits per heavy atom. The molecule has 4 rings (SSSR count). The van der Waals surface area contributed by atoms with Crippen molar-refractivity contribution in [3.63, 3.8) is 0 Å². The Hall–Kier alpha value is -2.56. The molecule has 1 unspecified atom stereocenters. The van der Waals surface area contributed by atoms with Crippen molar-refractivity contribution in [3.8, 4) is 11.5 Å². The summed E-state index contributed by atoms with van der Waals surface area (Å²) < 4.78 is 19.8. The zero-order chi connectivity index (χ0) is 21.8. The van der Waals surface area contributed by atoms with Gasteiger partial charge in [-0.15, -0.1) is 0 Å². The molecule has 0 spiro atoms. The first-order valence-corrected chi connectivity index (χ1v) is 11.6. The zero-order valence-corrected chi connectivity index (χ0v) is 18.2. The van der Waals surface area contributed by atoms with E-state index in [0.717, 1.165) is 57.1 Å². The standard InChI is InChI=1S/C26H32FNO3/c1-2-3-7-25(31-23-6-4-5-21(27)14-23)19-10-8-18(9-11-19)16-28-17-20-12-13-22(29)15-24(20)26(28)30/h4-6,12-15,18-19,25,29H,2-3,7-11,16-17H2,1H3. The van der Waals surface area contributed by atoms with Crippen LogP contribution in [0.25, 0.3) is 0 Å². The van der Waals surface area contributed by atoms with Gasteiger partial charge in [0.05, 0.1) is 0 Å². The van der Waals surface area contributed by atoms with E-state index in [0.29, 0.717) is 29.7 Å². The molecule has 1 atom stereocenters. The van der Waals surface area contributed by atoms with E-state index in [1.54, 1.807) is 18.2 Å². The van der Waals surface area contributed by atoms with Crippen LogP contribution in [0.15, 0.2) is 42.5 Å². The van der Waals surface area contributed by atoms with E-state index >= 15 is 0 Å². The van der Waals surface area contributed by atoms with Crippen LogP contribution in [-0.2, 0) is 6.54 Å². The Balaban J connectivity index is 1.33. The molecule has 1 heterocycles. The van der Waals surface area contributed by atoms with E-state index in [-0.39, 0.29) is 23.6 Å². The van der Waals surface area contributed by atoms with Gasteiger partial charge in [0.1, 0.15) is 23.4 Å². The van der Waals surface area contributed by atoms with Crippen LogP contribution in [0.2, 0.25) is 0 Å². The van der Waals surface area contributed by atoms with Crippen molar-refractivity contribution in [1.29, 1.82) is 0 Å². The van der Waals surface area contributed by atoms with E-state index in [1.165, 1.54) is 12.1 Å². The Kier molecular flexibility index (Phi) is 6.79. The van der Waals surface area contributed by atoms with Gasteiger partial charge in [0.2, 0.25) is 0 Å². The Labute approximate surface area is 184 Å². The number of benzene rings is 2. The van der Waals surface area contributed by atoms with Crippen LogP contribution in [0.4, 0.5) is 4.39 Å². The highest BCUT2D eigenvalue weighted by Crippen LogP contribution is 2.36. The zero-order valence-electron chi connectivity index (χ0n) is 18.2. The number of fused-ring (bicyclic) bond motifs is 1. The number of phenols is 1. The molecule has 2 aliphatic rings. The van der Waals surface area contributed by atoms with Gasteiger partial charge in [0.15, 0.2) is 0 Å². The summed E-state index contributed by atoms with van der Waals surface area (Å²) in [5.74, 6) is 1.49. The molecule has 5 heteroatoms. The molecule has 1 amide bonds. The summed E-state index contributed by atoms with van der Waals surface area (Å²) in [4.78, 5) is 14.6. The Morgan fingerprint density at radius 2 is 1.97 bits per heavy atom. The van der Waals surface area contributed by atoms with Gasteiger partial charge in [-0.1, -0.05) is 31.9 Å². The fraction of sp³-hybridized carbons (Fsp3) is 0.500. The molecule has 4 nitrogen and oxygen atoms in total. The van der Waals surface area contributed by atoms with Gasteiger partial charge in [0.25, 0.3) is 5.91 Å². The summed E-state index contributed by atoms with van der Waals surface area (Å²) in [5.41, 5.74) is 1.64. The predicted octanol–water partition coefficient (Wildman–Crippen LogP) is 5.93. The lowest BCUT2D eigenvalue weighted by Crippen LogP contribution is -2.35. The number of phenolic OH excluding ortho intramolecular Hbond substituents is 1. The SMILES string of the molecule is CCCCC(Oc1cccc(F)c1)C1CCC(CN2Cc3ccc(O)cc3C2=O)CC1. The highest BCUT2D eigenvalue weighted by atomic mass is 19.1. The van der Waals surface area contributed by atoms with Gasteiger partial charge in [0, 0.05) is 24.7 Å². The van der Waals surface area contributed by atoms with Crippen LogP contribution in [0.5, 0.6) is 11.5 Å². The first-order valence-electron chi connectivity index (χ1n) is 11.6. The fourth-order valence-corrected chi connectivity index (χ4v) is 5.06. The predicted molar refractivity (Wildman–Crippen MR) is 119 cm³/mol. The second-order valence-corrected chi connectivity index (χ2v) is 9.06. The first-order chi connectivity index (χ1) is 15.0. The average Bonchev–Trinajstić information content (AvgIpc) is 3.06. The molecule has 0 radical (unpaired) electrons. The smallest absolute Gasteiger partial charge is 0.254 e. The monoisotopic (exact) mass is 425 g/mol. The molecule has 0 bridgehead atoms. The van der Waals surface area contributed by atoms with Crippen LogP contribution in [-0.4, -0.2) is 28.6 Å². The van der Waals surface area contributed by atoms with Crippen molar-refractivity contribution in [3.05, 3.63) is 59.4 Å². The molecule has 166 valence electrons. The number of halogens is 1. The minimum Gasteiger partial charge on any atom is -0.508 e. The van der Waals surface area contributed by atoms with E-state index in [2.05, 4.69) is 6.92 Å². The van der Waals surface area contributed by atoms with Crippen molar-refractivity contribution in [1.82, 2.24) is 4.90 Å². The summed E-state index contributed by atoms with van der Waals surface area (Å²) in [6, 6.07) is 11.5. The summed E-state index contributed by atoms with van der Waals surface area (Å²) in [7, 11) is 0. The maximum atomic E-state index is 13.6. The number of ether oxygens (including phenoxy) is 1. The summed E-state index contributed by atoms with van der Waals surface area (Å²) in [5, 5.41) is 9.68. The van der Waals surface area contributed by atoms with Crippen LogP contribution < -0.4 is 4.74 Å². The highest BCUT2D eigenvalue weighted by molar-refractivity contribution is 5.98. The van der Waals surface area contributed by atoms with E-state index < -0.39 is 0 Å². The summed E-state index contributed by atoms with van der Waals surface area (Å²) in [6.07, 6.45) is 7.62. The normalized spacial score (nSPS) is 21.7. The molecule has 1 N–H and O–H groups in total. The van der Waals surface area contributed by atoms with Crippen LogP contribution in [0.3, 0.4) is 0 Å². The van der Waals surface area contributed by atoms with E-state index in [9.17, 15) is 14.3 Å². The van der Waals surface area contributed by atoms with Crippen molar-refractivity contribution in [2.75, 3.05) is 6.54 Å². The third-order valence-electron chi connectivity index (χ3n) is 6.79. The molecule has 1 aliphatic carbocycles. The number of unbranched alkanes of at least 4 members (excludes halogenated alkanes) is 1. The quantitative estimate of drug-likeness (QED) is 0.570. The lowest BCUT2D eigenvalue weighted by molar-refractivity contribution is 0.0640. The molecule has 0 saturated heterocycles. The number of aromatic hydroxyl groups is 1. The van der Waals surface area contributed by atoms with Crippen LogP contribution >= 0.6 is 0 Å². The van der Waals surface area contributed by atoms with Gasteiger partial charge in [-0.25, -0.2) is 4.39 Å². The van der Waals surface area contributed by atoms with E-state index in [4.69, 9.17) is 4.74 Å². The molecule has 0 aromatic heterocycles. The van der Waals surface area contributed by atoms with Gasteiger partial charge in [-0.3, -0.25) is 4.79 Å². The van der Waals surface area contributed by atoms with Gasteiger partial charge in [-0.2, -0.15) is 0 Å². The topological polar surface area (TPSA) is 49.8 Å². The number of carbonyl (C=O) groups is 1. The number of hydrogen-bond donors (Lipinski definition) is 1. The third kappa shape index (κ3) is 5.20. The maximum absolute atomic E-state index is 13.6. The first kappa shape index (κ1) is 21.7. The summed E-state index contributed by atoms with van der Waals surface area (Å²) >= 11 is 0. The molecule has 2 aromatic rings. The maximum Gasteiger partial charge on any atom is 0.254 e. The molecule has 31 heavy (non-hydrogen) atoms. The number of rotatable bonds is 8. The molecular formula is C26H32FNO3. The van der Waals surface area contributed by atoms with Crippen molar-refractivity contribution in [2.45, 2.75) is 64.5 Å². The second-order valence-electron chi connectivity index (χ2n) is 9.06. The van der Waals surface area contributed by atoms with Crippen LogP contribution in [0.1, 0.15) is 67.8 Å². The number of amides is 1. The molecule has 1 aliphatic heterocycles. The molecule has 2 aromatic carbocycles. The number of carbonyl (C=O) groups excluding carboxylic acids is 1. The van der Waals surface area contributed by atoms with Crippen LogP contribution in [0, 0.1) is 17.7 Å². The fourth-order valence-electron chi connectivity index (χ4n) is 5.06. The van der Waals surface area contributed by atoms with Gasteiger partial charge < -0.3 is 14.7 Å². The highest BCUT2D eigenvalue weighted by Gasteiger charge is 2.33. The minimum absolute atomic E-state index is 0.0308. The molecule has 1 saturated carbocycles. The molecular weight excluding hydrogens is 393 g/mol. The summed E-state index contributed by atoms with van der Waals surface area (Å²) in [6.45, 7) is 3.59. The third-order valence-corrected chi connectivity index (χ3v) is 6.79. The van der Waals surface area contributed by atoms with Gasteiger partial charge >= 0.3 is 0 Å². The van der Waals surface area contributed by atoms with Gasteiger partial charge in [-0.05, 0) is 73.8 Å². The van der Waals surface area contributed by atoms with E-state index in [1.807, 2.05) is 17.0 Å². The Bertz CT molecular complexity index is 907. The lowest BCUT2D eigenvalue weighted by atomic mass is 9.78. The molecule has 1 fully saturated rings. The number of nitrogens with zero attached hydrogens (tertiary/aromatic N) is 1. The van der Waals surface area contributed by atoms with Crippen molar-refractivity contribution >= 4 is 5.91 Å². The second kappa shape index (κ2) is 9.71. The van der Waals surface area contributed by atoms with Crippen molar-refractivity contribution in [2.24, 2.45) is 11.8 Å².